The number of carbonyl (C=O) groups excluding carboxylic acids is 1. The number of aromatic amines is 1. The highest BCUT2D eigenvalue weighted by atomic mass is 16.6. The first-order valence-electron chi connectivity index (χ1n) is 14.2. The summed E-state index contributed by atoms with van der Waals surface area (Å²) < 4.78 is 12.4. The summed E-state index contributed by atoms with van der Waals surface area (Å²) in [6.07, 6.45) is 7.00. The lowest BCUT2D eigenvalue weighted by Crippen LogP contribution is -2.35. The predicted octanol–water partition coefficient (Wildman–Crippen LogP) is 1.34. The second kappa shape index (κ2) is 15.3. The Morgan fingerprint density at radius 2 is 2.00 bits per heavy atom. The van der Waals surface area contributed by atoms with Gasteiger partial charge in [-0.05, 0) is 43.2 Å². The first-order valence-corrected chi connectivity index (χ1v) is 14.2. The number of ether oxygens (including phenoxy) is 2. The molecule has 1 amide bonds. The Labute approximate surface area is 238 Å². The molecule has 4 rings (SSSR count). The fraction of sp³-hybridized carbons (Fsp3) is 0.593. The largest absolute Gasteiger partial charge is 0.463 e. The maximum Gasteiger partial charge on any atom is 0.328 e. The van der Waals surface area contributed by atoms with Gasteiger partial charge in [-0.15, -0.1) is 0 Å². The van der Waals surface area contributed by atoms with Crippen molar-refractivity contribution in [1.82, 2.24) is 29.8 Å². The number of hydrogen-bond acceptors (Lipinski definition) is 11. The van der Waals surface area contributed by atoms with Gasteiger partial charge in [-0.25, -0.2) is 15.7 Å². The summed E-state index contributed by atoms with van der Waals surface area (Å²) in [5, 5.41) is 2.97. The molecule has 0 saturated carbocycles. The van der Waals surface area contributed by atoms with Gasteiger partial charge in [-0.1, -0.05) is 19.4 Å². The van der Waals surface area contributed by atoms with Gasteiger partial charge in [0, 0.05) is 32.3 Å². The number of nitrogens with zero attached hydrogens (tertiary/aromatic N) is 5. The van der Waals surface area contributed by atoms with Crippen molar-refractivity contribution < 1.29 is 19.1 Å². The van der Waals surface area contributed by atoms with Crippen LogP contribution in [0.2, 0.25) is 0 Å². The average molecular weight is 572 g/mol. The van der Waals surface area contributed by atoms with E-state index in [1.165, 1.54) is 4.57 Å². The number of imidazole rings is 1. The normalized spacial score (nSPS) is 14.0. The van der Waals surface area contributed by atoms with E-state index in [1.807, 2.05) is 12.1 Å². The van der Waals surface area contributed by atoms with Gasteiger partial charge in [-0.3, -0.25) is 9.36 Å². The molecule has 1 saturated heterocycles. The highest BCUT2D eigenvalue weighted by Gasteiger charge is 2.21. The lowest BCUT2D eigenvalue weighted by atomic mass is 9.93. The molecule has 14 heteroatoms. The summed E-state index contributed by atoms with van der Waals surface area (Å²) in [6.45, 7) is 6.37. The number of pyridine rings is 1. The Bertz CT molecular complexity index is 1300. The lowest BCUT2D eigenvalue weighted by Gasteiger charge is -2.33. The fourth-order valence-corrected chi connectivity index (χ4v) is 4.76. The second-order valence-electron chi connectivity index (χ2n) is 10.1. The number of piperidine rings is 1. The number of rotatable bonds is 16. The van der Waals surface area contributed by atoms with Gasteiger partial charge >= 0.3 is 11.7 Å². The van der Waals surface area contributed by atoms with Gasteiger partial charge in [0.15, 0.2) is 11.5 Å². The molecule has 0 aliphatic carbocycles. The molecule has 4 heterocycles. The summed E-state index contributed by atoms with van der Waals surface area (Å²) in [4.78, 5) is 47.3. The van der Waals surface area contributed by atoms with Crippen LogP contribution in [0.15, 0.2) is 23.1 Å². The van der Waals surface area contributed by atoms with Crippen molar-refractivity contribution in [2.75, 3.05) is 56.7 Å². The summed E-state index contributed by atoms with van der Waals surface area (Å²) in [5.74, 6) is 6.57. The van der Waals surface area contributed by atoms with Crippen LogP contribution < -0.4 is 32.3 Å². The van der Waals surface area contributed by atoms with Crippen LogP contribution in [-0.2, 0) is 20.9 Å². The van der Waals surface area contributed by atoms with Crippen LogP contribution in [0, 0.1) is 5.92 Å². The standard InChI is InChI=1S/C27H41N9O5/c1-2-3-13-40-26-33-24(28)23-25(34-26)36(27(38)32-23)18-20-4-5-21(31-17-20)35-11-7-19(8-12-35)6-10-30-22(37)9-14-39-15-16-41-29/h4-5,17,19H,2-3,6-16,18,29H2,1H3,(H,30,37)(H,32,38)(H2,28,33,34). The van der Waals surface area contributed by atoms with Crippen molar-refractivity contribution in [3.05, 3.63) is 34.4 Å². The SMILES string of the molecule is CCCCOc1nc(N)c2[nH]c(=O)n(Cc3ccc(N4CCC(CCNC(=O)CCOCCON)CC4)nc3)c2n1. The van der Waals surface area contributed by atoms with E-state index in [-0.39, 0.29) is 23.4 Å². The molecule has 6 N–H and O–H groups in total. The van der Waals surface area contributed by atoms with Crippen molar-refractivity contribution in [3.8, 4) is 6.01 Å². The van der Waals surface area contributed by atoms with Crippen molar-refractivity contribution in [3.63, 3.8) is 0 Å². The third-order valence-corrected chi connectivity index (χ3v) is 7.14. The molecule has 14 nitrogen and oxygen atoms in total. The van der Waals surface area contributed by atoms with Crippen LogP contribution in [0.1, 0.15) is 51.0 Å². The molecule has 0 spiro atoms. The second-order valence-corrected chi connectivity index (χ2v) is 10.1. The number of carbonyl (C=O) groups is 1. The number of H-pyrrole nitrogens is 1. The quantitative estimate of drug-likeness (QED) is 0.143. The molecule has 0 aromatic carbocycles. The van der Waals surface area contributed by atoms with Crippen LogP contribution in [0.5, 0.6) is 6.01 Å². The van der Waals surface area contributed by atoms with Crippen LogP contribution in [0.3, 0.4) is 0 Å². The van der Waals surface area contributed by atoms with E-state index in [0.29, 0.717) is 63.0 Å². The molecule has 1 aliphatic rings. The van der Waals surface area contributed by atoms with Gasteiger partial charge in [-0.2, -0.15) is 9.97 Å². The minimum Gasteiger partial charge on any atom is -0.463 e. The minimum atomic E-state index is -0.319. The van der Waals surface area contributed by atoms with Crippen molar-refractivity contribution >= 4 is 28.7 Å². The molecular weight excluding hydrogens is 530 g/mol. The Balaban J connectivity index is 1.25. The summed E-state index contributed by atoms with van der Waals surface area (Å²) in [5.41, 5.74) is 7.41. The van der Waals surface area contributed by atoms with E-state index < -0.39 is 0 Å². The van der Waals surface area contributed by atoms with Gasteiger partial charge < -0.3 is 35.2 Å². The zero-order valence-corrected chi connectivity index (χ0v) is 23.6. The third-order valence-electron chi connectivity index (χ3n) is 7.14. The van der Waals surface area contributed by atoms with E-state index in [2.05, 4.69) is 41.9 Å². The maximum absolute atomic E-state index is 12.7. The van der Waals surface area contributed by atoms with Gasteiger partial charge in [0.1, 0.15) is 11.3 Å². The van der Waals surface area contributed by atoms with E-state index in [4.69, 9.17) is 21.1 Å². The monoisotopic (exact) mass is 571 g/mol. The number of nitrogen functional groups attached to an aromatic ring is 1. The van der Waals surface area contributed by atoms with Crippen LogP contribution in [-0.4, -0.2) is 76.5 Å². The maximum atomic E-state index is 12.7. The smallest absolute Gasteiger partial charge is 0.328 e. The van der Waals surface area contributed by atoms with E-state index in [9.17, 15) is 9.59 Å². The number of aromatic nitrogens is 5. The number of amides is 1. The first-order chi connectivity index (χ1) is 20.0. The fourth-order valence-electron chi connectivity index (χ4n) is 4.76. The Kier molecular flexibility index (Phi) is 11.3. The number of nitrogens with two attached hydrogens (primary N) is 2. The average Bonchev–Trinajstić information content (AvgIpc) is 3.29. The molecule has 0 bridgehead atoms. The molecule has 0 radical (unpaired) electrons. The predicted molar refractivity (Wildman–Crippen MR) is 154 cm³/mol. The zero-order chi connectivity index (χ0) is 29.0. The number of anilines is 2. The van der Waals surface area contributed by atoms with E-state index in [1.54, 1.807) is 6.20 Å². The molecule has 0 atom stereocenters. The van der Waals surface area contributed by atoms with E-state index in [0.717, 1.165) is 56.6 Å². The van der Waals surface area contributed by atoms with Gasteiger partial charge in [0.05, 0.1) is 33.0 Å². The Hall–Kier alpha value is -3.75. The summed E-state index contributed by atoms with van der Waals surface area (Å²) in [6, 6.07) is 4.13. The molecule has 224 valence electrons. The van der Waals surface area contributed by atoms with Crippen molar-refractivity contribution in [1.29, 1.82) is 0 Å². The number of nitrogens with one attached hydrogen (secondary N) is 2. The minimum absolute atomic E-state index is 0.00745. The molecular formula is C27H41N9O5. The van der Waals surface area contributed by atoms with Crippen molar-refractivity contribution in [2.45, 2.75) is 52.0 Å². The number of fused-ring (bicyclic) bond motifs is 1. The molecule has 3 aromatic heterocycles. The number of unbranched alkanes of at least 4 members (excludes halogenated alkanes) is 1. The lowest BCUT2D eigenvalue weighted by molar-refractivity contribution is -0.122. The van der Waals surface area contributed by atoms with Crippen LogP contribution >= 0.6 is 0 Å². The van der Waals surface area contributed by atoms with Gasteiger partial charge in [0.25, 0.3) is 0 Å². The Morgan fingerprint density at radius 3 is 2.73 bits per heavy atom. The first kappa shape index (κ1) is 30.2. The third kappa shape index (κ3) is 8.62. The zero-order valence-electron chi connectivity index (χ0n) is 23.6. The molecule has 3 aromatic rings. The van der Waals surface area contributed by atoms with Crippen LogP contribution in [0.4, 0.5) is 11.6 Å². The topological polar surface area (TPSA) is 189 Å². The number of hydrogen-bond donors (Lipinski definition) is 4. The molecule has 41 heavy (non-hydrogen) atoms. The Morgan fingerprint density at radius 1 is 1.17 bits per heavy atom. The molecule has 0 unspecified atom stereocenters. The molecule has 1 fully saturated rings. The highest BCUT2D eigenvalue weighted by molar-refractivity contribution is 5.82. The van der Waals surface area contributed by atoms with E-state index >= 15 is 0 Å². The molecule has 1 aliphatic heterocycles. The van der Waals surface area contributed by atoms with Crippen molar-refractivity contribution in [2.24, 2.45) is 11.8 Å². The highest BCUT2D eigenvalue weighted by Crippen LogP contribution is 2.24. The van der Waals surface area contributed by atoms with Gasteiger partial charge in [0.2, 0.25) is 5.91 Å². The van der Waals surface area contributed by atoms with Crippen LogP contribution in [0.25, 0.3) is 11.2 Å². The summed E-state index contributed by atoms with van der Waals surface area (Å²) >= 11 is 0. The summed E-state index contributed by atoms with van der Waals surface area (Å²) in [7, 11) is 0.